The summed E-state index contributed by atoms with van der Waals surface area (Å²) >= 11 is -1.32. The molecule has 3 aromatic heterocycles. The van der Waals surface area contributed by atoms with Crippen LogP contribution in [0.4, 0.5) is 0 Å². The lowest BCUT2D eigenvalue weighted by atomic mass is 10.1. The van der Waals surface area contributed by atoms with Gasteiger partial charge >= 0.3 is 0 Å². The Morgan fingerprint density at radius 3 is 2.71 bits per heavy atom. The first-order valence-electron chi connectivity index (χ1n) is 8.56. The maximum Gasteiger partial charge on any atom is 0.241 e. The summed E-state index contributed by atoms with van der Waals surface area (Å²) in [7, 11) is -3.70. The molecular formula is C16H14N7O5S3-. The van der Waals surface area contributed by atoms with Crippen molar-refractivity contribution >= 4 is 42.7 Å². The van der Waals surface area contributed by atoms with Gasteiger partial charge in [-0.2, -0.15) is 4.83 Å². The van der Waals surface area contributed by atoms with Gasteiger partial charge in [-0.05, 0) is 17.7 Å². The molecule has 2 N–H and O–H groups in total. The number of thiazole rings is 1. The largest absolute Gasteiger partial charge is 0.759 e. The first-order chi connectivity index (χ1) is 14.8. The first-order valence-corrected chi connectivity index (χ1v) is 12.4. The lowest BCUT2D eigenvalue weighted by molar-refractivity contribution is 0.424. The standard InChI is InChI=1S/C16H15N7O5S3/c1-31(26,27)14(15-22-21-13(28-15)7-19-23-30(24)25)16-20-11-4-9(2-3-12(11)29-16)10-5-17-8-18-6-10/h2-6,8,14,19,23H,7H2,1H3,(H,24,25)/p-1. The molecule has 0 aliphatic rings. The van der Waals surface area contributed by atoms with Gasteiger partial charge in [-0.25, -0.2) is 28.8 Å². The van der Waals surface area contributed by atoms with E-state index in [-0.39, 0.29) is 23.3 Å². The lowest BCUT2D eigenvalue weighted by Gasteiger charge is -2.08. The molecule has 0 radical (unpaired) electrons. The van der Waals surface area contributed by atoms with Crippen LogP contribution in [0, 0.1) is 0 Å². The van der Waals surface area contributed by atoms with Gasteiger partial charge in [-0.15, -0.1) is 21.5 Å². The normalized spacial score (nSPS) is 14.0. The lowest BCUT2D eigenvalue weighted by Crippen LogP contribution is -2.32. The van der Waals surface area contributed by atoms with Crippen molar-refractivity contribution in [3.63, 3.8) is 0 Å². The highest BCUT2D eigenvalue weighted by Crippen LogP contribution is 2.36. The summed E-state index contributed by atoms with van der Waals surface area (Å²) in [4.78, 5) is 14.4. The molecule has 2 atom stereocenters. The van der Waals surface area contributed by atoms with Crippen LogP contribution < -0.4 is 10.3 Å². The number of hydrazine groups is 1. The van der Waals surface area contributed by atoms with Crippen molar-refractivity contribution in [3.05, 3.63) is 53.7 Å². The number of nitrogens with zero attached hydrogens (tertiary/aromatic N) is 5. The number of rotatable bonds is 8. The van der Waals surface area contributed by atoms with E-state index in [1.165, 1.54) is 17.7 Å². The predicted octanol–water partition coefficient (Wildman–Crippen LogP) is 0.659. The molecule has 0 aliphatic heterocycles. The van der Waals surface area contributed by atoms with E-state index in [1.807, 2.05) is 23.0 Å². The Morgan fingerprint density at radius 1 is 1.23 bits per heavy atom. The number of hydrogen-bond acceptors (Lipinski definition) is 12. The molecule has 2 unspecified atom stereocenters. The molecule has 1 aromatic carbocycles. The number of hydrogen-bond donors (Lipinski definition) is 2. The minimum Gasteiger partial charge on any atom is -0.759 e. The molecular weight excluding hydrogens is 466 g/mol. The van der Waals surface area contributed by atoms with Crippen LogP contribution in [0.15, 0.2) is 41.3 Å². The molecule has 0 spiro atoms. The van der Waals surface area contributed by atoms with Crippen LogP contribution in [0.25, 0.3) is 21.3 Å². The molecule has 4 aromatic rings. The number of nitrogens with one attached hydrogen (secondary N) is 2. The van der Waals surface area contributed by atoms with Gasteiger partial charge in [-0.1, -0.05) is 6.07 Å². The minimum atomic E-state index is -3.70. The van der Waals surface area contributed by atoms with Crippen molar-refractivity contribution in [2.45, 2.75) is 11.8 Å². The van der Waals surface area contributed by atoms with E-state index in [4.69, 9.17) is 4.42 Å². The average Bonchev–Trinajstić information content (AvgIpc) is 3.34. The van der Waals surface area contributed by atoms with Crippen molar-refractivity contribution in [1.82, 2.24) is 35.4 Å². The Hall–Kier alpha value is -2.69. The maximum absolute atomic E-state index is 12.5. The second kappa shape index (κ2) is 8.81. The molecule has 15 heteroatoms. The summed E-state index contributed by atoms with van der Waals surface area (Å²) in [6, 6.07) is 5.54. The summed E-state index contributed by atoms with van der Waals surface area (Å²) in [5, 5.41) is 6.61. The summed E-state index contributed by atoms with van der Waals surface area (Å²) in [6.07, 6.45) is 5.84. The molecule has 0 bridgehead atoms. The third kappa shape index (κ3) is 4.97. The second-order valence-electron chi connectivity index (χ2n) is 6.30. The fraction of sp³-hybridized carbons (Fsp3) is 0.188. The number of benzene rings is 1. The van der Waals surface area contributed by atoms with Crippen LogP contribution in [0.5, 0.6) is 0 Å². The van der Waals surface area contributed by atoms with Gasteiger partial charge in [0.2, 0.25) is 11.8 Å². The van der Waals surface area contributed by atoms with Crippen LogP contribution in [-0.4, -0.2) is 48.6 Å². The summed E-state index contributed by atoms with van der Waals surface area (Å²) in [5.74, 6) is -0.146. The fourth-order valence-corrected chi connectivity index (χ4v) is 5.43. The van der Waals surface area contributed by atoms with Crippen molar-refractivity contribution in [3.8, 4) is 11.1 Å². The second-order valence-corrected chi connectivity index (χ2v) is 10.2. The molecule has 3 heterocycles. The van der Waals surface area contributed by atoms with Crippen LogP contribution >= 0.6 is 11.3 Å². The van der Waals surface area contributed by atoms with Crippen molar-refractivity contribution in [1.29, 1.82) is 0 Å². The highest BCUT2D eigenvalue weighted by Gasteiger charge is 2.33. The maximum atomic E-state index is 12.5. The molecule has 0 amide bonds. The first kappa shape index (κ1) is 21.5. The number of fused-ring (bicyclic) bond motifs is 1. The number of aromatic nitrogens is 5. The smallest absolute Gasteiger partial charge is 0.241 e. The molecule has 0 saturated carbocycles. The van der Waals surface area contributed by atoms with Crippen molar-refractivity contribution < 1.29 is 21.6 Å². The summed E-state index contributed by atoms with van der Waals surface area (Å²) < 4.78 is 52.2. The Labute approximate surface area is 182 Å². The van der Waals surface area contributed by atoms with Gasteiger partial charge in [0.25, 0.3) is 0 Å². The zero-order valence-electron chi connectivity index (χ0n) is 15.8. The van der Waals surface area contributed by atoms with Gasteiger partial charge in [0, 0.05) is 35.5 Å². The minimum absolute atomic E-state index is 0.00840. The third-order valence-electron chi connectivity index (χ3n) is 4.05. The molecule has 4 rings (SSSR count). The Morgan fingerprint density at radius 2 is 2.00 bits per heavy atom. The Balaban J connectivity index is 1.67. The van der Waals surface area contributed by atoms with Crippen LogP contribution in [0.2, 0.25) is 0 Å². The van der Waals surface area contributed by atoms with Gasteiger partial charge in [0.15, 0.2) is 15.1 Å². The molecule has 0 fully saturated rings. The SMILES string of the molecule is CS(=O)(=O)C(c1nnc(CNNS(=O)[O-])o1)c1nc2cc(-c3cncnc3)ccc2s1. The van der Waals surface area contributed by atoms with Crippen LogP contribution in [0.1, 0.15) is 22.0 Å². The quantitative estimate of drug-likeness (QED) is 0.267. The summed E-state index contributed by atoms with van der Waals surface area (Å²) in [5.41, 5.74) is 4.60. The Kier molecular flexibility index (Phi) is 6.12. The molecule has 0 saturated heterocycles. The third-order valence-corrected chi connectivity index (χ3v) is 6.90. The van der Waals surface area contributed by atoms with Gasteiger partial charge in [0.1, 0.15) is 11.3 Å². The molecule has 0 aliphatic carbocycles. The van der Waals surface area contributed by atoms with Gasteiger partial charge in [-0.3, -0.25) is 4.21 Å². The zero-order chi connectivity index (χ0) is 22.0. The highest BCUT2D eigenvalue weighted by molar-refractivity contribution is 7.91. The van der Waals surface area contributed by atoms with E-state index >= 15 is 0 Å². The number of sulfone groups is 1. The average molecular weight is 481 g/mol. The van der Waals surface area contributed by atoms with Crippen LogP contribution in [0.3, 0.4) is 0 Å². The van der Waals surface area contributed by atoms with Crippen LogP contribution in [-0.2, 0) is 27.6 Å². The van der Waals surface area contributed by atoms with Crippen molar-refractivity contribution in [2.24, 2.45) is 0 Å². The topological polar surface area (TPSA) is 176 Å². The van der Waals surface area contributed by atoms with E-state index in [0.29, 0.717) is 5.52 Å². The predicted molar refractivity (Wildman–Crippen MR) is 111 cm³/mol. The zero-order valence-corrected chi connectivity index (χ0v) is 18.2. The summed E-state index contributed by atoms with van der Waals surface area (Å²) in [6.45, 7) is -0.125. The molecule has 12 nitrogen and oxygen atoms in total. The highest BCUT2D eigenvalue weighted by atomic mass is 32.2. The van der Waals surface area contributed by atoms with Gasteiger partial charge in [0.05, 0.1) is 16.8 Å². The monoisotopic (exact) mass is 480 g/mol. The molecule has 31 heavy (non-hydrogen) atoms. The fourth-order valence-electron chi connectivity index (χ4n) is 2.77. The van der Waals surface area contributed by atoms with E-state index < -0.39 is 26.4 Å². The van der Waals surface area contributed by atoms with Gasteiger partial charge < -0.3 is 8.97 Å². The van der Waals surface area contributed by atoms with Crippen molar-refractivity contribution in [2.75, 3.05) is 6.26 Å². The van der Waals surface area contributed by atoms with E-state index in [1.54, 1.807) is 12.4 Å². The van der Waals surface area contributed by atoms with E-state index in [0.717, 1.165) is 22.1 Å². The Bertz CT molecular complexity index is 1340. The molecule has 162 valence electrons. The van der Waals surface area contributed by atoms with E-state index in [2.05, 4.69) is 30.6 Å². The van der Waals surface area contributed by atoms with E-state index in [9.17, 15) is 17.2 Å².